The molecule has 0 unspecified atom stereocenters. The van der Waals surface area contributed by atoms with Gasteiger partial charge >= 0.3 is 0 Å². The lowest BCUT2D eigenvalue weighted by Crippen LogP contribution is -2.54. The summed E-state index contributed by atoms with van der Waals surface area (Å²) in [5.41, 5.74) is -0.872. The van der Waals surface area contributed by atoms with Gasteiger partial charge in [0.05, 0.1) is 12.8 Å². The van der Waals surface area contributed by atoms with Crippen molar-refractivity contribution in [2.45, 2.75) is 63.6 Å². The molecule has 3 fully saturated rings. The van der Waals surface area contributed by atoms with Gasteiger partial charge < -0.3 is 14.4 Å². The number of furan rings is 1. The summed E-state index contributed by atoms with van der Waals surface area (Å²) in [6.45, 7) is 6.77. The second-order valence-corrected chi connectivity index (χ2v) is 8.72. The van der Waals surface area contributed by atoms with E-state index in [9.17, 15) is 9.90 Å². The summed E-state index contributed by atoms with van der Waals surface area (Å²) in [5, 5.41) is 11.1. The Bertz CT molecular complexity index is 590. The second-order valence-electron chi connectivity index (χ2n) is 8.72. The number of likely N-dealkylation sites (tertiary alicyclic amines) is 1. The van der Waals surface area contributed by atoms with Crippen LogP contribution in [0, 0.1) is 11.8 Å². The van der Waals surface area contributed by atoms with Gasteiger partial charge in [0.15, 0.2) is 0 Å². The van der Waals surface area contributed by atoms with E-state index < -0.39 is 5.60 Å². The number of carbonyl (C=O) groups is 1. The van der Waals surface area contributed by atoms with E-state index in [1.165, 1.54) is 6.42 Å². The van der Waals surface area contributed by atoms with Crippen molar-refractivity contribution < 1.29 is 14.3 Å². The lowest BCUT2D eigenvalue weighted by Gasteiger charge is -2.43. The van der Waals surface area contributed by atoms with E-state index in [1.54, 1.807) is 6.26 Å². The maximum absolute atomic E-state index is 12.9. The zero-order chi connectivity index (χ0) is 17.6. The van der Waals surface area contributed by atoms with E-state index in [0.29, 0.717) is 37.0 Å². The Labute approximate surface area is 150 Å². The molecular formula is C20H30N2O3. The van der Waals surface area contributed by atoms with Crippen LogP contribution in [0.2, 0.25) is 0 Å². The maximum atomic E-state index is 12.9. The Kier molecular flexibility index (Phi) is 4.40. The van der Waals surface area contributed by atoms with Crippen LogP contribution in [0.3, 0.4) is 0 Å². The highest BCUT2D eigenvalue weighted by atomic mass is 16.4. The molecule has 4 rings (SSSR count). The molecule has 1 aromatic heterocycles. The number of carbonyl (C=O) groups excluding carboxylic acids is 1. The third kappa shape index (κ3) is 3.24. The number of rotatable bonds is 3. The molecule has 0 radical (unpaired) electrons. The van der Waals surface area contributed by atoms with Crippen LogP contribution in [-0.2, 0) is 10.4 Å². The second kappa shape index (κ2) is 6.44. The topological polar surface area (TPSA) is 56.9 Å². The van der Waals surface area contributed by atoms with Crippen molar-refractivity contribution in [3.63, 3.8) is 0 Å². The molecular weight excluding hydrogens is 316 g/mol. The van der Waals surface area contributed by atoms with Crippen LogP contribution in [0.5, 0.6) is 0 Å². The fraction of sp³-hybridized carbons (Fsp3) is 0.750. The number of nitrogens with zero attached hydrogens (tertiary/aromatic N) is 2. The zero-order valence-electron chi connectivity index (χ0n) is 15.4. The van der Waals surface area contributed by atoms with Gasteiger partial charge in [-0.25, -0.2) is 0 Å². The SMILES string of the molecule is C[C@@H]1C[C@@H](C)CN(C(=O)CN2[C@H]3CC[C@H]2CC(O)(c2ccco2)C3)C1. The van der Waals surface area contributed by atoms with E-state index in [-0.39, 0.29) is 18.0 Å². The van der Waals surface area contributed by atoms with Crippen LogP contribution in [-0.4, -0.2) is 52.5 Å². The predicted octanol–water partition coefficient (Wildman–Crippen LogP) is 2.60. The van der Waals surface area contributed by atoms with E-state index in [2.05, 4.69) is 23.6 Å². The minimum atomic E-state index is -0.872. The van der Waals surface area contributed by atoms with Gasteiger partial charge in [-0.05, 0) is 56.1 Å². The minimum Gasteiger partial charge on any atom is -0.466 e. The molecule has 0 aromatic carbocycles. The van der Waals surface area contributed by atoms with Gasteiger partial charge in [0.2, 0.25) is 5.91 Å². The molecule has 0 saturated carbocycles. The summed E-state index contributed by atoms with van der Waals surface area (Å²) in [7, 11) is 0. The Morgan fingerprint density at radius 2 is 1.88 bits per heavy atom. The lowest BCUT2D eigenvalue weighted by atomic mass is 9.84. The zero-order valence-corrected chi connectivity index (χ0v) is 15.4. The monoisotopic (exact) mass is 346 g/mol. The van der Waals surface area contributed by atoms with Crippen LogP contribution in [0.15, 0.2) is 22.8 Å². The predicted molar refractivity (Wildman–Crippen MR) is 94.9 cm³/mol. The summed E-state index contributed by atoms with van der Waals surface area (Å²) in [4.78, 5) is 17.3. The highest BCUT2D eigenvalue weighted by molar-refractivity contribution is 5.78. The average molecular weight is 346 g/mol. The molecule has 0 spiro atoms. The Morgan fingerprint density at radius 3 is 2.44 bits per heavy atom. The molecule has 25 heavy (non-hydrogen) atoms. The number of hydrogen-bond donors (Lipinski definition) is 1. The Morgan fingerprint density at radius 1 is 1.24 bits per heavy atom. The van der Waals surface area contributed by atoms with E-state index >= 15 is 0 Å². The van der Waals surface area contributed by atoms with Crippen LogP contribution in [0.25, 0.3) is 0 Å². The third-order valence-corrected chi connectivity index (χ3v) is 6.44. The van der Waals surface area contributed by atoms with Gasteiger partial charge in [0.1, 0.15) is 11.4 Å². The third-order valence-electron chi connectivity index (χ3n) is 6.44. The van der Waals surface area contributed by atoms with Crippen molar-refractivity contribution in [3.05, 3.63) is 24.2 Å². The lowest BCUT2D eigenvalue weighted by molar-refractivity contribution is -0.139. The summed E-state index contributed by atoms with van der Waals surface area (Å²) < 4.78 is 5.49. The molecule has 3 saturated heterocycles. The van der Waals surface area contributed by atoms with Crippen molar-refractivity contribution in [1.29, 1.82) is 0 Å². The van der Waals surface area contributed by atoms with E-state index in [1.807, 2.05) is 12.1 Å². The molecule has 1 aromatic rings. The molecule has 4 atom stereocenters. The summed E-state index contributed by atoms with van der Waals surface area (Å²) >= 11 is 0. The highest BCUT2D eigenvalue weighted by Crippen LogP contribution is 2.45. The number of amides is 1. The molecule has 3 aliphatic rings. The van der Waals surface area contributed by atoms with Crippen LogP contribution in [0.1, 0.15) is 51.7 Å². The quantitative estimate of drug-likeness (QED) is 0.914. The Balaban J connectivity index is 1.42. The van der Waals surface area contributed by atoms with Gasteiger partial charge in [-0.1, -0.05) is 13.8 Å². The van der Waals surface area contributed by atoms with Crippen molar-refractivity contribution in [3.8, 4) is 0 Å². The van der Waals surface area contributed by atoms with Crippen LogP contribution >= 0.6 is 0 Å². The minimum absolute atomic E-state index is 0.263. The van der Waals surface area contributed by atoms with Gasteiger partial charge in [0.25, 0.3) is 0 Å². The smallest absolute Gasteiger partial charge is 0.236 e. The number of piperidine rings is 2. The summed E-state index contributed by atoms with van der Waals surface area (Å²) in [6, 6.07) is 4.26. The van der Waals surface area contributed by atoms with Gasteiger partial charge in [-0.15, -0.1) is 0 Å². The summed E-state index contributed by atoms with van der Waals surface area (Å²) in [5.74, 6) is 2.12. The van der Waals surface area contributed by atoms with Gasteiger partial charge in [-0.3, -0.25) is 9.69 Å². The van der Waals surface area contributed by atoms with E-state index in [0.717, 1.165) is 25.9 Å². The Hall–Kier alpha value is -1.33. The molecule has 4 heterocycles. The molecule has 1 N–H and O–H groups in total. The fourth-order valence-corrected chi connectivity index (χ4v) is 5.44. The first-order valence-corrected chi connectivity index (χ1v) is 9.74. The summed E-state index contributed by atoms with van der Waals surface area (Å²) in [6.07, 6.45) is 6.30. The maximum Gasteiger partial charge on any atom is 0.236 e. The van der Waals surface area contributed by atoms with Crippen LogP contribution < -0.4 is 0 Å². The van der Waals surface area contributed by atoms with Crippen LogP contribution in [0.4, 0.5) is 0 Å². The molecule has 138 valence electrons. The normalized spacial score (nSPS) is 38.9. The van der Waals surface area contributed by atoms with Crippen molar-refractivity contribution >= 4 is 5.91 Å². The van der Waals surface area contributed by atoms with E-state index in [4.69, 9.17) is 4.42 Å². The first-order valence-electron chi connectivity index (χ1n) is 9.74. The first-order chi connectivity index (χ1) is 11.9. The fourth-order valence-electron chi connectivity index (χ4n) is 5.44. The van der Waals surface area contributed by atoms with Crippen molar-refractivity contribution in [2.75, 3.05) is 19.6 Å². The largest absolute Gasteiger partial charge is 0.466 e. The average Bonchev–Trinajstić information content (AvgIpc) is 3.16. The molecule has 5 heteroatoms. The van der Waals surface area contributed by atoms with Crippen molar-refractivity contribution in [1.82, 2.24) is 9.80 Å². The number of hydrogen-bond acceptors (Lipinski definition) is 4. The number of aliphatic hydroxyl groups is 1. The molecule has 1 amide bonds. The van der Waals surface area contributed by atoms with Gasteiger partial charge in [0, 0.05) is 25.2 Å². The first kappa shape index (κ1) is 17.1. The number of fused-ring (bicyclic) bond motifs is 2. The highest BCUT2D eigenvalue weighted by Gasteiger charge is 2.50. The molecule has 3 aliphatic heterocycles. The standard InChI is InChI=1S/C20H30N2O3/c1-14-8-15(2)12-21(11-14)19(23)13-22-16-5-6-17(22)10-20(24,9-16)18-4-3-7-25-18/h3-4,7,14-17,24H,5-6,8-13H2,1-2H3/t14-,15-,16+,17+/m1/s1. The molecule has 5 nitrogen and oxygen atoms in total. The molecule has 0 aliphatic carbocycles. The van der Waals surface area contributed by atoms with Crippen molar-refractivity contribution in [2.24, 2.45) is 11.8 Å². The molecule has 2 bridgehead atoms. The van der Waals surface area contributed by atoms with Gasteiger partial charge in [-0.2, -0.15) is 0 Å².